The van der Waals surface area contributed by atoms with Crippen molar-refractivity contribution in [2.45, 2.75) is 49.2 Å². The molecule has 46 heavy (non-hydrogen) atoms. The summed E-state index contributed by atoms with van der Waals surface area (Å²) in [6, 6.07) is 2.01. The number of ether oxygens (including phenoxy) is 1. The number of primary amides is 1. The van der Waals surface area contributed by atoms with Gasteiger partial charge in [-0.1, -0.05) is 0 Å². The highest BCUT2D eigenvalue weighted by Gasteiger charge is 2.55. The number of fused-ring (bicyclic) bond motifs is 2. The van der Waals surface area contributed by atoms with E-state index in [1.807, 2.05) is 0 Å². The van der Waals surface area contributed by atoms with Crippen LogP contribution < -0.4 is 30.7 Å². The quantitative estimate of drug-likeness (QED) is 0.120. The number of rotatable bonds is 10. The number of aromatic nitrogens is 5. The normalized spacial score (nSPS) is 35.2. The van der Waals surface area contributed by atoms with Gasteiger partial charge in [-0.05, 0) is 6.07 Å². The molecule has 6 N–H and O–H groups in total. The number of anilines is 1. The number of aliphatic hydroxyl groups excluding tert-OH is 2. The van der Waals surface area contributed by atoms with Crippen molar-refractivity contribution in [3.8, 4) is 0 Å². The maximum atomic E-state index is 12.8. The molecular formula is C22H26N7O14P3-2. The second-order valence-electron chi connectivity index (χ2n) is 10.8. The Kier molecular flexibility index (Phi) is 8.69. The molecule has 3 aromatic rings. The third-order valence-electron chi connectivity index (χ3n) is 7.79. The monoisotopic (exact) mass is 705 g/mol. The predicted molar refractivity (Wildman–Crippen MR) is 142 cm³/mol. The number of amides is 1. The summed E-state index contributed by atoms with van der Waals surface area (Å²) in [7, 11) is -15.8. The number of nitrogens with zero attached hydrogens (tertiary/aromatic N) is 5. The lowest BCUT2D eigenvalue weighted by molar-refractivity contribution is -0.728. The SMILES string of the molecule is NC(=O)c1ccc[n+](C2CC(CP(=O)([O-])OP(=O)([O-])OCC3OC(n4cnc5c(N)ncnc54)C4OP(=O)([O-])OC34)C(O)C2O)c1. The highest BCUT2D eigenvalue weighted by atomic mass is 31.3. The molecule has 11 unspecified atom stereocenters. The lowest BCUT2D eigenvalue weighted by Crippen LogP contribution is -2.45. The predicted octanol–water partition coefficient (Wildman–Crippen LogP) is -3.02. The van der Waals surface area contributed by atoms with Gasteiger partial charge in [0.1, 0.15) is 49.4 Å². The fourth-order valence-electron chi connectivity index (χ4n) is 5.77. The average Bonchev–Trinajstić information content (AvgIpc) is 3.69. The molecule has 5 heterocycles. The van der Waals surface area contributed by atoms with Crippen LogP contribution in [0.4, 0.5) is 5.82 Å². The second kappa shape index (κ2) is 12.1. The number of carbonyl (C=O) groups is 1. The van der Waals surface area contributed by atoms with Crippen LogP contribution in [0, 0.1) is 5.92 Å². The molecular weight excluding hydrogens is 679 g/mol. The summed E-state index contributed by atoms with van der Waals surface area (Å²) in [5.41, 5.74) is 11.5. The van der Waals surface area contributed by atoms with Gasteiger partial charge in [-0.25, -0.2) is 15.0 Å². The minimum absolute atomic E-state index is 0.0222. The van der Waals surface area contributed by atoms with Crippen molar-refractivity contribution in [1.82, 2.24) is 19.5 Å². The molecule has 1 saturated carbocycles. The molecule has 3 aromatic heterocycles. The number of pyridine rings is 1. The second-order valence-corrected chi connectivity index (χ2v) is 15.5. The zero-order valence-corrected chi connectivity index (χ0v) is 25.9. The number of phosphoric ester groups is 2. The van der Waals surface area contributed by atoms with Crippen molar-refractivity contribution in [2.24, 2.45) is 11.7 Å². The molecule has 3 fully saturated rings. The van der Waals surface area contributed by atoms with Crippen LogP contribution in [0.2, 0.25) is 0 Å². The molecule has 0 spiro atoms. The topological polar surface area (TPSA) is 324 Å². The van der Waals surface area contributed by atoms with E-state index in [2.05, 4.69) is 19.3 Å². The maximum Gasteiger partial charge on any atom is 0.272 e. The molecule has 6 rings (SSSR count). The Morgan fingerprint density at radius 1 is 1.20 bits per heavy atom. The summed E-state index contributed by atoms with van der Waals surface area (Å²) in [5, 5.41) is 21.1. The lowest BCUT2D eigenvalue weighted by Gasteiger charge is -2.33. The number of imidazole rings is 1. The Labute approximate surface area is 258 Å². The highest BCUT2D eigenvalue weighted by molar-refractivity contribution is 7.62. The maximum absolute atomic E-state index is 12.8. The summed E-state index contributed by atoms with van der Waals surface area (Å²) >= 11 is 0. The smallest absolute Gasteiger partial charge is 0.272 e. The molecule has 11 atom stereocenters. The third-order valence-corrected chi connectivity index (χ3v) is 12.0. The zero-order valence-electron chi connectivity index (χ0n) is 23.2. The van der Waals surface area contributed by atoms with Crippen LogP contribution in [0.3, 0.4) is 0 Å². The van der Waals surface area contributed by atoms with Gasteiger partial charge in [-0.3, -0.25) is 22.8 Å². The van der Waals surface area contributed by atoms with Crippen LogP contribution in [0.15, 0.2) is 37.2 Å². The van der Waals surface area contributed by atoms with E-state index in [0.717, 1.165) is 6.33 Å². The number of hydrogen-bond acceptors (Lipinski definition) is 18. The largest absolute Gasteiger partial charge is 0.778 e. The molecule has 3 aliphatic rings. The number of nitrogen functional groups attached to an aromatic ring is 1. The van der Waals surface area contributed by atoms with E-state index in [0.29, 0.717) is 0 Å². The van der Waals surface area contributed by atoms with E-state index in [4.69, 9.17) is 29.8 Å². The minimum Gasteiger partial charge on any atom is -0.778 e. The van der Waals surface area contributed by atoms with Crippen molar-refractivity contribution in [1.29, 1.82) is 0 Å². The van der Waals surface area contributed by atoms with E-state index in [1.54, 1.807) is 0 Å². The Bertz CT molecular complexity index is 1810. The molecule has 250 valence electrons. The third kappa shape index (κ3) is 6.52. The molecule has 1 aliphatic carbocycles. The zero-order chi connectivity index (χ0) is 33.2. The van der Waals surface area contributed by atoms with Crippen LogP contribution in [-0.4, -0.2) is 78.9 Å². The highest BCUT2D eigenvalue weighted by Crippen LogP contribution is 2.59. The molecule has 2 aliphatic heterocycles. The fraction of sp³-hybridized carbons (Fsp3) is 0.500. The van der Waals surface area contributed by atoms with E-state index >= 15 is 0 Å². The van der Waals surface area contributed by atoms with Crippen LogP contribution in [0.1, 0.15) is 29.0 Å². The Morgan fingerprint density at radius 3 is 2.67 bits per heavy atom. The molecule has 0 bridgehead atoms. The van der Waals surface area contributed by atoms with E-state index in [1.165, 1.54) is 40.0 Å². The Morgan fingerprint density at radius 2 is 1.93 bits per heavy atom. The number of hydrogen-bond donors (Lipinski definition) is 4. The molecule has 0 radical (unpaired) electrons. The van der Waals surface area contributed by atoms with Gasteiger partial charge in [-0.2, -0.15) is 4.57 Å². The fourth-order valence-corrected chi connectivity index (χ4v) is 9.84. The number of nitrogens with two attached hydrogens (primary N) is 2. The average molecular weight is 705 g/mol. The molecule has 21 nitrogen and oxygen atoms in total. The van der Waals surface area contributed by atoms with Crippen LogP contribution in [0.5, 0.6) is 0 Å². The number of phosphoric acid groups is 2. The van der Waals surface area contributed by atoms with Gasteiger partial charge < -0.3 is 59.2 Å². The first-order chi connectivity index (χ1) is 21.5. The van der Waals surface area contributed by atoms with Gasteiger partial charge in [0.05, 0.1) is 19.0 Å². The van der Waals surface area contributed by atoms with Crippen molar-refractivity contribution in [3.63, 3.8) is 0 Å². The van der Waals surface area contributed by atoms with Gasteiger partial charge >= 0.3 is 0 Å². The summed E-state index contributed by atoms with van der Waals surface area (Å²) in [6.07, 6.45) is -4.53. The van der Waals surface area contributed by atoms with E-state index < -0.39 is 90.6 Å². The first-order valence-corrected chi connectivity index (χ1v) is 18.1. The van der Waals surface area contributed by atoms with Gasteiger partial charge in [0.2, 0.25) is 0 Å². The Balaban J connectivity index is 1.11. The summed E-state index contributed by atoms with van der Waals surface area (Å²) < 4.78 is 65.0. The van der Waals surface area contributed by atoms with Crippen molar-refractivity contribution in [3.05, 3.63) is 42.7 Å². The molecule has 24 heteroatoms. The van der Waals surface area contributed by atoms with Crippen molar-refractivity contribution >= 4 is 46.1 Å². The minimum atomic E-state index is -5.65. The first-order valence-electron chi connectivity index (χ1n) is 13.4. The molecule has 1 amide bonds. The van der Waals surface area contributed by atoms with Gasteiger partial charge in [-0.15, -0.1) is 0 Å². The van der Waals surface area contributed by atoms with Crippen molar-refractivity contribution in [2.75, 3.05) is 18.5 Å². The van der Waals surface area contributed by atoms with E-state index in [9.17, 15) is 43.4 Å². The van der Waals surface area contributed by atoms with E-state index in [-0.39, 0.29) is 29.0 Å². The number of carbonyl (C=O) groups excluding carboxylic acids is 1. The standard InChI is InChI=1S/C22H28N7O14P3/c23-19-14-21(26-8-25-19)29(9-27-14)22-18-17(41-46(37,38)42-18)13(40-22)6-39-45(35,36)43-44(33,34)7-11-4-12(16(31)15(11)30)28-3-1-2-10(5-28)20(24)32/h1-3,5,8-9,11-13,15-18,22,30-31H,4,6-7H2,(H6-,23,24,25,26,32,33,34,35,36,37,38)/p-2. The van der Waals surface area contributed by atoms with Gasteiger partial charge in [0.25, 0.3) is 21.6 Å². The number of aliphatic hydroxyl groups is 2. The molecule has 0 aromatic carbocycles. The van der Waals surface area contributed by atoms with Crippen LogP contribution >= 0.6 is 23.2 Å². The van der Waals surface area contributed by atoms with Crippen LogP contribution in [-0.2, 0) is 36.3 Å². The van der Waals surface area contributed by atoms with Gasteiger partial charge in [0.15, 0.2) is 36.1 Å². The lowest BCUT2D eigenvalue weighted by atomic mass is 10.1. The first kappa shape index (κ1) is 33.2. The van der Waals surface area contributed by atoms with Gasteiger partial charge in [0, 0.05) is 24.6 Å². The molecule has 2 saturated heterocycles. The summed E-state index contributed by atoms with van der Waals surface area (Å²) in [4.78, 5) is 61.0. The summed E-state index contributed by atoms with van der Waals surface area (Å²) in [6.45, 7) is -0.953. The Hall–Kier alpha value is -2.74. The van der Waals surface area contributed by atoms with Crippen molar-refractivity contribution < 1.29 is 70.6 Å². The van der Waals surface area contributed by atoms with Crippen LogP contribution in [0.25, 0.3) is 11.2 Å². The summed E-state index contributed by atoms with van der Waals surface area (Å²) in [5.74, 6) is -1.90.